The number of hydrogen-bond acceptors (Lipinski definition) is 4. The molecule has 0 bridgehead atoms. The van der Waals surface area contributed by atoms with Gasteiger partial charge in [-0.05, 0) is 31.7 Å². The van der Waals surface area contributed by atoms with Crippen LogP contribution in [0, 0.1) is 0 Å². The molecule has 6 nitrogen and oxygen atoms in total. The number of halogens is 3. The Morgan fingerprint density at radius 1 is 1.28 bits per heavy atom. The van der Waals surface area contributed by atoms with Crippen LogP contribution in [0.15, 0.2) is 18.3 Å². The summed E-state index contributed by atoms with van der Waals surface area (Å²) in [6.45, 7) is 0.897. The number of rotatable bonds is 6. The molecule has 0 atom stereocenters. The van der Waals surface area contributed by atoms with Gasteiger partial charge in [-0.15, -0.1) is 0 Å². The van der Waals surface area contributed by atoms with E-state index >= 15 is 0 Å². The second-order valence-electron chi connectivity index (χ2n) is 5.87. The largest absolute Gasteiger partial charge is 0.474 e. The quantitative estimate of drug-likeness (QED) is 0.765. The number of alkyl halides is 3. The third-order valence-corrected chi connectivity index (χ3v) is 3.95. The zero-order valence-electron chi connectivity index (χ0n) is 13.9. The van der Waals surface area contributed by atoms with Gasteiger partial charge in [-0.25, -0.2) is 9.78 Å². The average molecular weight is 361 g/mol. The zero-order chi connectivity index (χ0) is 18.3. The number of carbonyl (C=O) groups is 1. The maximum atomic E-state index is 12.5. The number of amides is 2. The highest BCUT2D eigenvalue weighted by atomic mass is 19.4. The van der Waals surface area contributed by atoms with Gasteiger partial charge in [-0.2, -0.15) is 13.2 Å². The van der Waals surface area contributed by atoms with Gasteiger partial charge in [0.2, 0.25) is 5.88 Å². The molecule has 25 heavy (non-hydrogen) atoms. The van der Waals surface area contributed by atoms with Gasteiger partial charge in [0.25, 0.3) is 0 Å². The zero-order valence-corrected chi connectivity index (χ0v) is 13.9. The number of methoxy groups -OCH3 is 1. The number of urea groups is 1. The lowest BCUT2D eigenvalue weighted by Gasteiger charge is -2.29. The van der Waals surface area contributed by atoms with Gasteiger partial charge < -0.3 is 20.1 Å². The molecular weight excluding hydrogens is 339 g/mol. The van der Waals surface area contributed by atoms with Crippen molar-refractivity contribution >= 4 is 6.03 Å². The van der Waals surface area contributed by atoms with Crippen LogP contribution >= 0.6 is 0 Å². The number of carbonyl (C=O) groups excluding carboxylic acids is 1. The number of nitrogens with zero attached hydrogens (tertiary/aromatic N) is 1. The summed E-state index contributed by atoms with van der Waals surface area (Å²) in [5.41, 5.74) is -0.799. The van der Waals surface area contributed by atoms with E-state index in [4.69, 9.17) is 9.47 Å². The van der Waals surface area contributed by atoms with Crippen molar-refractivity contribution in [2.75, 3.05) is 20.3 Å². The number of hydrogen-bond donors (Lipinski definition) is 2. The summed E-state index contributed by atoms with van der Waals surface area (Å²) >= 11 is 0. The van der Waals surface area contributed by atoms with Crippen molar-refractivity contribution < 1.29 is 27.4 Å². The first-order chi connectivity index (χ1) is 11.9. The molecule has 0 unspecified atom stereocenters. The van der Waals surface area contributed by atoms with E-state index in [2.05, 4.69) is 15.6 Å². The molecule has 140 valence electrons. The summed E-state index contributed by atoms with van der Waals surface area (Å²) in [6.07, 6.45) is -0.867. The summed E-state index contributed by atoms with van der Waals surface area (Å²) in [7, 11) is 1.56. The summed E-state index contributed by atoms with van der Waals surface area (Å²) in [5, 5.41) is 5.58. The minimum Gasteiger partial charge on any atom is -0.474 e. The minimum absolute atomic E-state index is 0.0583. The molecule has 9 heteroatoms. The van der Waals surface area contributed by atoms with Crippen molar-refractivity contribution in [3.8, 4) is 5.88 Å². The summed E-state index contributed by atoms with van der Waals surface area (Å²) in [5.74, 6) is 0.182. The Morgan fingerprint density at radius 2 is 2.00 bits per heavy atom. The maximum absolute atomic E-state index is 12.5. The van der Waals surface area contributed by atoms with Gasteiger partial charge in [-0.3, -0.25) is 0 Å². The molecule has 1 saturated carbocycles. The van der Waals surface area contributed by atoms with E-state index in [1.807, 2.05) is 0 Å². The van der Waals surface area contributed by atoms with E-state index < -0.39 is 11.7 Å². The number of aromatic nitrogens is 1. The van der Waals surface area contributed by atoms with Crippen molar-refractivity contribution in [2.45, 2.75) is 44.0 Å². The van der Waals surface area contributed by atoms with Gasteiger partial charge in [-0.1, -0.05) is 0 Å². The Kier molecular flexibility index (Phi) is 6.86. The first kappa shape index (κ1) is 19.3. The first-order valence-electron chi connectivity index (χ1n) is 8.11. The monoisotopic (exact) mass is 361 g/mol. The minimum atomic E-state index is -4.40. The molecule has 0 saturated heterocycles. The van der Waals surface area contributed by atoms with Gasteiger partial charge in [0.15, 0.2) is 0 Å². The van der Waals surface area contributed by atoms with Crippen LogP contribution in [-0.2, 0) is 10.9 Å². The van der Waals surface area contributed by atoms with Gasteiger partial charge in [0.1, 0.15) is 6.10 Å². The predicted molar refractivity (Wildman–Crippen MR) is 84.3 cm³/mol. The highest BCUT2D eigenvalue weighted by Gasteiger charge is 2.31. The topological polar surface area (TPSA) is 72.5 Å². The number of nitrogens with one attached hydrogen (secondary N) is 2. The maximum Gasteiger partial charge on any atom is 0.417 e. The van der Waals surface area contributed by atoms with Crippen LogP contribution in [0.1, 0.15) is 31.2 Å². The van der Waals surface area contributed by atoms with Gasteiger partial charge in [0, 0.05) is 32.0 Å². The molecule has 2 rings (SSSR count). The molecule has 0 spiro atoms. The molecule has 2 N–H and O–H groups in total. The highest BCUT2D eigenvalue weighted by molar-refractivity contribution is 5.74. The second-order valence-corrected chi connectivity index (χ2v) is 5.87. The normalized spacial score (nSPS) is 20.8. The lowest BCUT2D eigenvalue weighted by molar-refractivity contribution is -0.137. The van der Waals surface area contributed by atoms with Crippen LogP contribution in [0.5, 0.6) is 5.88 Å². The molecule has 2 amide bonds. The third kappa shape index (κ3) is 6.41. The summed E-state index contributed by atoms with van der Waals surface area (Å²) in [4.78, 5) is 15.4. The lowest BCUT2D eigenvalue weighted by Crippen LogP contribution is -2.45. The van der Waals surface area contributed by atoms with E-state index in [1.165, 1.54) is 6.07 Å². The molecule has 0 aromatic carbocycles. The standard InChI is InChI=1S/C16H22F3N3O3/c1-24-9-8-20-15(23)22-12-3-5-13(6-4-12)25-14-7-2-11(10-21-14)16(17,18)19/h2,7,10,12-13H,3-6,8-9H2,1H3,(H2,20,22,23). The van der Waals surface area contributed by atoms with Crippen molar-refractivity contribution in [3.05, 3.63) is 23.9 Å². The lowest BCUT2D eigenvalue weighted by atomic mass is 9.93. The van der Waals surface area contributed by atoms with E-state index in [-0.39, 0.29) is 24.1 Å². The van der Waals surface area contributed by atoms with Crippen molar-refractivity contribution in [2.24, 2.45) is 0 Å². The molecule has 0 aliphatic heterocycles. The van der Waals surface area contributed by atoms with Crippen LogP contribution in [-0.4, -0.2) is 43.4 Å². The highest BCUT2D eigenvalue weighted by Crippen LogP contribution is 2.30. The summed E-state index contributed by atoms with van der Waals surface area (Å²) in [6, 6.07) is 2.02. The van der Waals surface area contributed by atoms with E-state index in [9.17, 15) is 18.0 Å². The number of ether oxygens (including phenoxy) is 2. The fourth-order valence-electron chi connectivity index (χ4n) is 2.62. The van der Waals surface area contributed by atoms with Crippen LogP contribution in [0.4, 0.5) is 18.0 Å². The molecule has 0 radical (unpaired) electrons. The van der Waals surface area contributed by atoms with Gasteiger partial charge in [0.05, 0.1) is 12.2 Å². The molecule has 1 aromatic rings. The Hall–Kier alpha value is -2.03. The van der Waals surface area contributed by atoms with Crippen LogP contribution < -0.4 is 15.4 Å². The SMILES string of the molecule is COCCNC(=O)NC1CCC(Oc2ccc(C(F)(F)F)cn2)CC1. The van der Waals surface area contributed by atoms with E-state index in [1.54, 1.807) is 7.11 Å². The molecule has 1 aliphatic carbocycles. The average Bonchev–Trinajstić information content (AvgIpc) is 2.57. The third-order valence-electron chi connectivity index (χ3n) is 3.95. The first-order valence-corrected chi connectivity index (χ1v) is 8.11. The fraction of sp³-hybridized carbons (Fsp3) is 0.625. The van der Waals surface area contributed by atoms with Crippen molar-refractivity contribution in [1.82, 2.24) is 15.6 Å². The Morgan fingerprint density at radius 3 is 2.56 bits per heavy atom. The Labute approximate surface area is 144 Å². The van der Waals surface area contributed by atoms with Crippen LogP contribution in [0.25, 0.3) is 0 Å². The second kappa shape index (κ2) is 8.89. The van der Waals surface area contributed by atoms with Gasteiger partial charge >= 0.3 is 12.2 Å². The van der Waals surface area contributed by atoms with E-state index in [0.717, 1.165) is 25.1 Å². The Bertz CT molecular complexity index is 544. The van der Waals surface area contributed by atoms with E-state index in [0.29, 0.717) is 26.0 Å². The molecule has 1 heterocycles. The number of pyridine rings is 1. The van der Waals surface area contributed by atoms with Crippen LogP contribution in [0.3, 0.4) is 0 Å². The fourth-order valence-corrected chi connectivity index (χ4v) is 2.62. The molecule has 1 aliphatic rings. The molecule has 1 aromatic heterocycles. The smallest absolute Gasteiger partial charge is 0.417 e. The van der Waals surface area contributed by atoms with Crippen LogP contribution in [0.2, 0.25) is 0 Å². The van der Waals surface area contributed by atoms with Crippen molar-refractivity contribution in [3.63, 3.8) is 0 Å². The van der Waals surface area contributed by atoms with Crippen molar-refractivity contribution in [1.29, 1.82) is 0 Å². The molecule has 1 fully saturated rings. The Balaban J connectivity index is 1.72. The summed E-state index contributed by atoms with van der Waals surface area (Å²) < 4.78 is 48.0. The predicted octanol–water partition coefficient (Wildman–Crippen LogP) is 2.74. The molecular formula is C16H22F3N3O3.